The molecule has 7 nitrogen and oxygen atoms in total. The molecular weight excluding hydrogens is 385 g/mol. The van der Waals surface area contributed by atoms with Crippen LogP contribution in [-0.2, 0) is 0 Å². The number of aliphatic hydroxyl groups is 1. The molecule has 1 atom stereocenters. The number of aliphatic hydroxyl groups excluding tert-OH is 1. The molecule has 8 heteroatoms. The van der Waals surface area contributed by atoms with Gasteiger partial charge in [0.25, 0.3) is 5.91 Å². The van der Waals surface area contributed by atoms with Crippen molar-refractivity contribution < 1.29 is 14.3 Å². The van der Waals surface area contributed by atoms with Crippen molar-refractivity contribution in [1.82, 2.24) is 19.3 Å². The number of rotatable bonds is 2. The van der Waals surface area contributed by atoms with Crippen LogP contribution in [0.5, 0.6) is 0 Å². The Morgan fingerprint density at radius 1 is 1.20 bits per heavy atom. The van der Waals surface area contributed by atoms with Gasteiger partial charge in [-0.3, -0.25) is 9.78 Å². The highest BCUT2D eigenvalue weighted by atomic mass is 19.1. The highest BCUT2D eigenvalue weighted by Gasteiger charge is 2.43. The SMILES string of the molecule is O=C(c1ccn2ccnc2c1)N1CC(O)CC2(CCN(c3ccncc3F)CC2)C1. The lowest BCUT2D eigenvalue weighted by molar-refractivity contribution is -0.0150. The standard InChI is InChI=1S/C22H24FN5O2/c23-18-13-24-5-1-19(18)26-8-3-22(4-9-26)12-17(29)14-28(15-22)21(30)16-2-7-27-10-6-25-20(27)11-16/h1-2,5-7,10-11,13,17,29H,3-4,8-9,12,14-15H2. The zero-order valence-corrected chi connectivity index (χ0v) is 16.6. The van der Waals surface area contributed by atoms with E-state index in [1.165, 1.54) is 6.20 Å². The lowest BCUT2D eigenvalue weighted by atomic mass is 9.71. The van der Waals surface area contributed by atoms with E-state index in [1.807, 2.05) is 21.7 Å². The first kappa shape index (κ1) is 19.0. The number of hydrogen-bond acceptors (Lipinski definition) is 5. The van der Waals surface area contributed by atoms with Crippen LogP contribution < -0.4 is 4.90 Å². The van der Waals surface area contributed by atoms with Gasteiger partial charge in [-0.05, 0) is 42.9 Å². The van der Waals surface area contributed by atoms with Crippen molar-refractivity contribution in [3.05, 3.63) is 60.6 Å². The second-order valence-electron chi connectivity index (χ2n) is 8.47. The summed E-state index contributed by atoms with van der Waals surface area (Å²) in [6.07, 6.45) is 9.92. The largest absolute Gasteiger partial charge is 0.391 e. The number of halogens is 1. The van der Waals surface area contributed by atoms with E-state index >= 15 is 0 Å². The predicted molar refractivity (Wildman–Crippen MR) is 110 cm³/mol. The van der Waals surface area contributed by atoms with E-state index in [0.29, 0.717) is 43.9 Å². The summed E-state index contributed by atoms with van der Waals surface area (Å²) in [6.45, 7) is 2.32. The van der Waals surface area contributed by atoms with Crippen LogP contribution in [0.3, 0.4) is 0 Å². The summed E-state index contributed by atoms with van der Waals surface area (Å²) >= 11 is 0. The van der Waals surface area contributed by atoms with E-state index in [0.717, 1.165) is 18.5 Å². The summed E-state index contributed by atoms with van der Waals surface area (Å²) in [7, 11) is 0. The lowest BCUT2D eigenvalue weighted by Crippen LogP contribution is -2.55. The minimum Gasteiger partial charge on any atom is -0.391 e. The maximum Gasteiger partial charge on any atom is 0.254 e. The van der Waals surface area contributed by atoms with Gasteiger partial charge in [-0.1, -0.05) is 0 Å². The van der Waals surface area contributed by atoms with E-state index in [9.17, 15) is 14.3 Å². The first-order valence-electron chi connectivity index (χ1n) is 10.3. The Bertz CT molecular complexity index is 1080. The molecule has 2 aliphatic rings. The van der Waals surface area contributed by atoms with Crippen molar-refractivity contribution in [2.75, 3.05) is 31.1 Å². The van der Waals surface area contributed by atoms with Gasteiger partial charge in [0.05, 0.1) is 18.0 Å². The first-order valence-corrected chi connectivity index (χ1v) is 10.3. The third kappa shape index (κ3) is 3.41. The van der Waals surface area contributed by atoms with E-state index < -0.39 is 6.10 Å². The van der Waals surface area contributed by atoms with Crippen molar-refractivity contribution in [3.8, 4) is 0 Å². The van der Waals surface area contributed by atoms with Crippen LogP contribution in [0.1, 0.15) is 29.6 Å². The van der Waals surface area contributed by atoms with Gasteiger partial charge in [0.15, 0.2) is 5.82 Å². The molecule has 0 radical (unpaired) electrons. The molecule has 0 aromatic carbocycles. The average molecular weight is 409 g/mol. The molecule has 156 valence electrons. The minimum atomic E-state index is -0.554. The van der Waals surface area contributed by atoms with Gasteiger partial charge in [0.1, 0.15) is 5.65 Å². The molecule has 0 saturated carbocycles. The number of aromatic nitrogens is 3. The summed E-state index contributed by atoms with van der Waals surface area (Å²) in [5, 5.41) is 10.6. The molecule has 5 heterocycles. The van der Waals surface area contributed by atoms with Crippen LogP contribution in [0.4, 0.5) is 10.1 Å². The first-order chi connectivity index (χ1) is 14.5. The quantitative estimate of drug-likeness (QED) is 0.704. The number of nitrogens with zero attached hydrogens (tertiary/aromatic N) is 5. The monoisotopic (exact) mass is 409 g/mol. The van der Waals surface area contributed by atoms with Crippen LogP contribution in [0, 0.1) is 11.2 Å². The van der Waals surface area contributed by atoms with E-state index in [4.69, 9.17) is 0 Å². The molecule has 1 N–H and O–H groups in total. The average Bonchev–Trinajstić information content (AvgIpc) is 3.22. The number of likely N-dealkylation sites (tertiary alicyclic amines) is 1. The maximum absolute atomic E-state index is 14.1. The number of β-amino-alcohol motifs (C(OH)–C–C–N with tert-alkyl or cyclic N) is 1. The lowest BCUT2D eigenvalue weighted by Gasteiger charge is -2.49. The Hall–Kier alpha value is -3.00. The number of carbonyl (C=O) groups is 1. The summed E-state index contributed by atoms with van der Waals surface area (Å²) in [5.74, 6) is -0.399. The third-order valence-electron chi connectivity index (χ3n) is 6.47. The Morgan fingerprint density at radius 2 is 2.03 bits per heavy atom. The van der Waals surface area contributed by atoms with Gasteiger partial charge < -0.3 is 19.3 Å². The smallest absolute Gasteiger partial charge is 0.254 e. The fourth-order valence-corrected chi connectivity index (χ4v) is 4.94. The van der Waals surface area contributed by atoms with Gasteiger partial charge in [-0.2, -0.15) is 0 Å². The molecule has 1 amide bonds. The number of carbonyl (C=O) groups excluding carboxylic acids is 1. The topological polar surface area (TPSA) is 74.0 Å². The number of anilines is 1. The molecule has 0 aliphatic carbocycles. The van der Waals surface area contributed by atoms with Crippen LogP contribution in [0.25, 0.3) is 5.65 Å². The highest BCUT2D eigenvalue weighted by molar-refractivity contribution is 5.95. The second kappa shape index (κ2) is 7.36. The van der Waals surface area contributed by atoms with Gasteiger partial charge >= 0.3 is 0 Å². The van der Waals surface area contributed by atoms with Crippen LogP contribution in [-0.4, -0.2) is 62.6 Å². The molecule has 30 heavy (non-hydrogen) atoms. The fourth-order valence-electron chi connectivity index (χ4n) is 4.94. The van der Waals surface area contributed by atoms with Gasteiger partial charge in [0.2, 0.25) is 0 Å². The summed E-state index contributed by atoms with van der Waals surface area (Å²) in [6, 6.07) is 5.27. The Kier molecular flexibility index (Phi) is 4.66. The van der Waals surface area contributed by atoms with E-state index in [2.05, 4.69) is 9.97 Å². The fraction of sp³-hybridized carbons (Fsp3) is 0.409. The number of fused-ring (bicyclic) bond motifs is 1. The summed E-state index contributed by atoms with van der Waals surface area (Å²) in [5.41, 5.74) is 1.72. The maximum atomic E-state index is 14.1. The van der Waals surface area contributed by atoms with E-state index in [-0.39, 0.29) is 17.1 Å². The summed E-state index contributed by atoms with van der Waals surface area (Å²) < 4.78 is 16.0. The Labute approximate surface area is 173 Å². The van der Waals surface area contributed by atoms with Crippen molar-refractivity contribution in [3.63, 3.8) is 0 Å². The van der Waals surface area contributed by atoms with Crippen molar-refractivity contribution in [1.29, 1.82) is 0 Å². The number of imidazole rings is 1. The van der Waals surface area contributed by atoms with Crippen molar-refractivity contribution in [2.45, 2.75) is 25.4 Å². The van der Waals surface area contributed by atoms with Gasteiger partial charge in [0, 0.05) is 56.5 Å². The molecule has 2 fully saturated rings. The van der Waals surface area contributed by atoms with Gasteiger partial charge in [-0.25, -0.2) is 9.37 Å². The van der Waals surface area contributed by atoms with Gasteiger partial charge in [-0.15, -0.1) is 0 Å². The summed E-state index contributed by atoms with van der Waals surface area (Å²) in [4.78, 5) is 25.1. The molecule has 3 aromatic heterocycles. The zero-order valence-electron chi connectivity index (χ0n) is 16.6. The molecule has 5 rings (SSSR count). The normalized spacial score (nSPS) is 21.3. The Morgan fingerprint density at radius 3 is 2.83 bits per heavy atom. The molecule has 0 bridgehead atoms. The van der Waals surface area contributed by atoms with Crippen LogP contribution >= 0.6 is 0 Å². The molecule has 1 unspecified atom stereocenters. The molecule has 3 aromatic rings. The Balaban J connectivity index is 1.32. The molecular formula is C22H24FN5O2. The number of hydrogen-bond donors (Lipinski definition) is 1. The third-order valence-corrected chi connectivity index (χ3v) is 6.47. The highest BCUT2D eigenvalue weighted by Crippen LogP contribution is 2.41. The van der Waals surface area contributed by atoms with Crippen molar-refractivity contribution in [2.24, 2.45) is 5.41 Å². The molecule has 2 aliphatic heterocycles. The number of pyridine rings is 2. The van der Waals surface area contributed by atoms with E-state index in [1.54, 1.807) is 35.5 Å². The van der Waals surface area contributed by atoms with Crippen LogP contribution in [0.15, 0.2) is 49.2 Å². The van der Waals surface area contributed by atoms with Crippen molar-refractivity contribution >= 4 is 17.2 Å². The second-order valence-corrected chi connectivity index (χ2v) is 8.47. The number of amides is 1. The molecule has 2 saturated heterocycles. The zero-order chi connectivity index (χ0) is 20.7. The van der Waals surface area contributed by atoms with Crippen LogP contribution in [0.2, 0.25) is 0 Å². The molecule has 1 spiro atoms. The minimum absolute atomic E-state index is 0.0822. The predicted octanol–water partition coefficient (Wildman–Crippen LogP) is 2.36. The number of piperidine rings is 2.